The summed E-state index contributed by atoms with van der Waals surface area (Å²) >= 11 is 0. The Morgan fingerprint density at radius 2 is 1.92 bits per heavy atom. The molecule has 1 aromatic rings. The number of rotatable bonds is 2. The molecule has 1 heterocycles. The van der Waals surface area contributed by atoms with Gasteiger partial charge in [0.1, 0.15) is 0 Å². The summed E-state index contributed by atoms with van der Waals surface area (Å²) in [7, 11) is 0. The van der Waals surface area contributed by atoms with Crippen molar-refractivity contribution in [3.63, 3.8) is 0 Å². The molecule has 2 heteroatoms. The van der Waals surface area contributed by atoms with Crippen LogP contribution in [0.1, 0.15) is 25.8 Å². The minimum atomic E-state index is 0. The van der Waals surface area contributed by atoms with Crippen molar-refractivity contribution in [1.82, 2.24) is 4.98 Å². The fourth-order valence-corrected chi connectivity index (χ4v) is 0.958. The monoisotopic (exact) mass is 155 g/mol. The van der Waals surface area contributed by atoms with Gasteiger partial charge in [0.25, 0.3) is 0 Å². The predicted molar refractivity (Wildman–Crippen MR) is 47.2 cm³/mol. The molecule has 0 fully saturated rings. The third kappa shape index (κ3) is 2.66. The fraction of sp³-hybridized carbons (Fsp3) is 0.400. The Morgan fingerprint density at radius 1 is 1.42 bits per heavy atom. The summed E-state index contributed by atoms with van der Waals surface area (Å²) in [5.74, 6) is 0. The van der Waals surface area contributed by atoms with Crippen LogP contribution >= 0.6 is 0 Å². The maximum Gasteiger partial charge on any atom is 1.00 e. The Kier molecular flexibility index (Phi) is 4.60. The number of hydrogen-bond donors (Lipinski definition) is 0. The van der Waals surface area contributed by atoms with Gasteiger partial charge in [-0.3, -0.25) is 4.98 Å². The SMILES string of the molecule is [CH2-]C(C)(CC)c1ccncc1.[Li+]. The summed E-state index contributed by atoms with van der Waals surface area (Å²) in [5.41, 5.74) is 1.30. The fourth-order valence-electron chi connectivity index (χ4n) is 0.958. The zero-order valence-corrected chi connectivity index (χ0v) is 8.17. The smallest absolute Gasteiger partial charge is 0.333 e. The molecule has 0 N–H and O–H groups in total. The van der Waals surface area contributed by atoms with Crippen LogP contribution in [-0.4, -0.2) is 4.98 Å². The van der Waals surface area contributed by atoms with Gasteiger partial charge in [0, 0.05) is 12.4 Å². The van der Waals surface area contributed by atoms with Crippen LogP contribution in [-0.2, 0) is 5.41 Å². The maximum atomic E-state index is 4.13. The molecule has 0 aliphatic rings. The van der Waals surface area contributed by atoms with Crippen LogP contribution in [0.3, 0.4) is 0 Å². The van der Waals surface area contributed by atoms with Crippen LogP contribution in [0.5, 0.6) is 0 Å². The van der Waals surface area contributed by atoms with Crippen molar-refractivity contribution in [2.45, 2.75) is 25.7 Å². The molecule has 0 aliphatic heterocycles. The molecule has 0 bridgehead atoms. The summed E-state index contributed by atoms with van der Waals surface area (Å²) in [6.45, 7) is 8.42. The van der Waals surface area contributed by atoms with Crippen LogP contribution in [0.2, 0.25) is 0 Å². The largest absolute Gasteiger partial charge is 1.00 e. The molecule has 1 unspecified atom stereocenters. The van der Waals surface area contributed by atoms with Crippen LogP contribution in [0.4, 0.5) is 0 Å². The molecule has 0 amide bonds. The van der Waals surface area contributed by atoms with E-state index in [-0.39, 0.29) is 24.3 Å². The minimum Gasteiger partial charge on any atom is -0.333 e. The topological polar surface area (TPSA) is 12.9 Å². The zero-order chi connectivity index (χ0) is 8.32. The molecule has 1 aromatic heterocycles. The van der Waals surface area contributed by atoms with Gasteiger partial charge in [-0.05, 0) is 12.1 Å². The van der Waals surface area contributed by atoms with Gasteiger partial charge < -0.3 is 6.92 Å². The number of aromatic nitrogens is 1. The Balaban J connectivity index is 0.00000121. The second-order valence-electron chi connectivity index (χ2n) is 3.15. The molecule has 0 saturated carbocycles. The van der Waals surface area contributed by atoms with Crippen molar-refractivity contribution in [3.8, 4) is 0 Å². The minimum absolute atomic E-state index is 0. The standard InChI is InChI=1S/C10H14N.Li/c1-4-10(2,3)9-5-7-11-8-6-9;/h5-8H,2,4H2,1,3H3;/q-1;+1. The van der Waals surface area contributed by atoms with Gasteiger partial charge in [0.2, 0.25) is 0 Å². The first-order valence-corrected chi connectivity index (χ1v) is 3.92. The van der Waals surface area contributed by atoms with Gasteiger partial charge in [0.05, 0.1) is 0 Å². The molecule has 0 spiro atoms. The third-order valence-electron chi connectivity index (χ3n) is 2.16. The van der Waals surface area contributed by atoms with Crippen LogP contribution in [0, 0.1) is 6.92 Å². The average Bonchev–Trinajstić information content (AvgIpc) is 2.06. The van der Waals surface area contributed by atoms with Crippen molar-refractivity contribution >= 4 is 0 Å². The Hall–Kier alpha value is -0.253. The van der Waals surface area contributed by atoms with E-state index in [0.717, 1.165) is 6.42 Å². The summed E-state index contributed by atoms with van der Waals surface area (Å²) in [4.78, 5) is 3.97. The first-order chi connectivity index (χ1) is 5.17. The zero-order valence-electron chi connectivity index (χ0n) is 8.17. The summed E-state index contributed by atoms with van der Waals surface area (Å²) < 4.78 is 0. The Bertz CT molecular complexity index is 219. The van der Waals surface area contributed by atoms with Crippen LogP contribution < -0.4 is 18.9 Å². The molecular weight excluding hydrogens is 141 g/mol. The Labute approximate surface area is 86.8 Å². The second kappa shape index (κ2) is 4.70. The van der Waals surface area contributed by atoms with Gasteiger partial charge in [-0.15, -0.1) is 5.41 Å². The molecule has 1 atom stereocenters. The molecule has 12 heavy (non-hydrogen) atoms. The van der Waals surface area contributed by atoms with Crippen molar-refractivity contribution in [2.24, 2.45) is 0 Å². The van der Waals surface area contributed by atoms with E-state index in [9.17, 15) is 0 Å². The van der Waals surface area contributed by atoms with E-state index in [0.29, 0.717) is 0 Å². The van der Waals surface area contributed by atoms with E-state index in [1.165, 1.54) is 5.56 Å². The quantitative estimate of drug-likeness (QED) is 0.418. The summed E-state index contributed by atoms with van der Waals surface area (Å²) in [5, 5.41) is 0. The van der Waals surface area contributed by atoms with Gasteiger partial charge in [-0.1, -0.05) is 25.8 Å². The van der Waals surface area contributed by atoms with E-state index in [1.54, 1.807) is 0 Å². The van der Waals surface area contributed by atoms with Crippen molar-refractivity contribution in [2.75, 3.05) is 0 Å². The van der Waals surface area contributed by atoms with Crippen molar-refractivity contribution in [3.05, 3.63) is 37.0 Å². The van der Waals surface area contributed by atoms with Gasteiger partial charge in [-0.25, -0.2) is 0 Å². The maximum absolute atomic E-state index is 4.13. The van der Waals surface area contributed by atoms with Crippen molar-refractivity contribution < 1.29 is 18.9 Å². The van der Waals surface area contributed by atoms with E-state index in [2.05, 4.69) is 25.8 Å². The Morgan fingerprint density at radius 3 is 2.33 bits per heavy atom. The molecule has 1 rings (SSSR count). The number of hydrogen-bond acceptors (Lipinski definition) is 1. The normalized spacial score (nSPS) is 14.6. The molecule has 0 aromatic carbocycles. The van der Waals surface area contributed by atoms with E-state index < -0.39 is 0 Å². The van der Waals surface area contributed by atoms with E-state index in [1.807, 2.05) is 24.5 Å². The molecule has 0 saturated heterocycles. The molecular formula is C10H14LiN. The summed E-state index contributed by atoms with van der Waals surface area (Å²) in [6.07, 6.45) is 4.68. The van der Waals surface area contributed by atoms with Crippen LogP contribution in [0.15, 0.2) is 24.5 Å². The molecule has 1 nitrogen and oxygen atoms in total. The first-order valence-electron chi connectivity index (χ1n) is 3.92. The van der Waals surface area contributed by atoms with E-state index in [4.69, 9.17) is 0 Å². The third-order valence-corrected chi connectivity index (χ3v) is 2.16. The predicted octanol–water partition coefficient (Wildman–Crippen LogP) is -0.413. The van der Waals surface area contributed by atoms with E-state index >= 15 is 0 Å². The first kappa shape index (κ1) is 11.7. The summed E-state index contributed by atoms with van der Waals surface area (Å²) in [6, 6.07) is 4.05. The van der Waals surface area contributed by atoms with Gasteiger partial charge >= 0.3 is 18.9 Å². The molecule has 0 aliphatic carbocycles. The van der Waals surface area contributed by atoms with Gasteiger partial charge in [0.15, 0.2) is 0 Å². The van der Waals surface area contributed by atoms with Gasteiger partial charge in [-0.2, -0.15) is 0 Å². The molecule has 0 radical (unpaired) electrons. The number of nitrogens with zero attached hydrogens (tertiary/aromatic N) is 1. The van der Waals surface area contributed by atoms with Crippen LogP contribution in [0.25, 0.3) is 0 Å². The second-order valence-corrected chi connectivity index (χ2v) is 3.15. The number of pyridine rings is 1. The molecule has 60 valence electrons. The average molecular weight is 155 g/mol. The van der Waals surface area contributed by atoms with Crippen molar-refractivity contribution in [1.29, 1.82) is 0 Å².